The van der Waals surface area contributed by atoms with Gasteiger partial charge in [0.25, 0.3) is 10.1 Å². The molecule has 0 bridgehead atoms. The van der Waals surface area contributed by atoms with Crippen LogP contribution >= 0.6 is 0 Å². The van der Waals surface area contributed by atoms with Gasteiger partial charge in [-0.15, -0.1) is 0 Å². The number of phenolic OH excluding ortho intramolecular Hbond substituents is 1. The van der Waals surface area contributed by atoms with E-state index >= 15 is 0 Å². The molecule has 0 saturated heterocycles. The molecule has 84 valence electrons. The third kappa shape index (κ3) is 1.80. The molecule has 0 heterocycles. The van der Waals surface area contributed by atoms with Crippen molar-refractivity contribution in [1.82, 2.24) is 0 Å². The molecular formula is C10H9NO4S. The third-order valence-corrected chi connectivity index (χ3v) is 3.09. The molecule has 6 heteroatoms. The highest BCUT2D eigenvalue weighted by Gasteiger charge is 2.11. The maximum absolute atomic E-state index is 10.9. The van der Waals surface area contributed by atoms with Crippen molar-refractivity contribution in [1.29, 1.82) is 0 Å². The maximum Gasteiger partial charge on any atom is 0.294 e. The SMILES string of the molecule is Nc1cc(O)cc2cc(S(=O)(=O)O)ccc12. The summed E-state index contributed by atoms with van der Waals surface area (Å²) in [5.41, 5.74) is 5.99. The Hall–Kier alpha value is -1.79. The summed E-state index contributed by atoms with van der Waals surface area (Å²) < 4.78 is 30.7. The van der Waals surface area contributed by atoms with Crippen molar-refractivity contribution in [3.8, 4) is 5.75 Å². The molecule has 16 heavy (non-hydrogen) atoms. The Balaban J connectivity index is 2.81. The van der Waals surface area contributed by atoms with E-state index in [2.05, 4.69) is 0 Å². The van der Waals surface area contributed by atoms with Crippen molar-refractivity contribution < 1.29 is 18.1 Å². The predicted molar refractivity (Wildman–Crippen MR) is 59.8 cm³/mol. The van der Waals surface area contributed by atoms with Crippen molar-refractivity contribution >= 4 is 26.6 Å². The molecule has 2 rings (SSSR count). The quantitative estimate of drug-likeness (QED) is 0.515. The number of hydrogen-bond donors (Lipinski definition) is 3. The number of nitrogens with two attached hydrogens (primary N) is 1. The van der Waals surface area contributed by atoms with Gasteiger partial charge in [0.2, 0.25) is 0 Å². The van der Waals surface area contributed by atoms with Gasteiger partial charge in [-0.3, -0.25) is 4.55 Å². The fourth-order valence-electron chi connectivity index (χ4n) is 1.52. The zero-order chi connectivity index (χ0) is 11.9. The van der Waals surface area contributed by atoms with Gasteiger partial charge in [0.05, 0.1) is 4.90 Å². The van der Waals surface area contributed by atoms with Gasteiger partial charge in [-0.1, -0.05) is 6.07 Å². The Morgan fingerprint density at radius 3 is 2.44 bits per heavy atom. The van der Waals surface area contributed by atoms with E-state index < -0.39 is 10.1 Å². The number of rotatable bonds is 1. The number of aromatic hydroxyl groups is 1. The van der Waals surface area contributed by atoms with Crippen molar-refractivity contribution in [2.24, 2.45) is 0 Å². The summed E-state index contributed by atoms with van der Waals surface area (Å²) in [6.07, 6.45) is 0. The Kier molecular flexibility index (Phi) is 2.25. The second-order valence-electron chi connectivity index (χ2n) is 3.39. The highest BCUT2D eigenvalue weighted by Crippen LogP contribution is 2.28. The van der Waals surface area contributed by atoms with E-state index in [4.69, 9.17) is 10.3 Å². The van der Waals surface area contributed by atoms with Crippen LogP contribution in [0.5, 0.6) is 5.75 Å². The van der Waals surface area contributed by atoms with Crippen LogP contribution in [0.4, 0.5) is 5.69 Å². The zero-order valence-electron chi connectivity index (χ0n) is 8.08. The van der Waals surface area contributed by atoms with E-state index in [0.717, 1.165) is 0 Å². The van der Waals surface area contributed by atoms with Crippen LogP contribution in [-0.4, -0.2) is 18.1 Å². The standard InChI is InChI=1S/C10H9NO4S/c11-10-5-7(12)3-6-4-8(16(13,14)15)1-2-9(6)10/h1-5,12H,11H2,(H,13,14,15). The van der Waals surface area contributed by atoms with Gasteiger partial charge < -0.3 is 10.8 Å². The first kappa shape index (κ1) is 10.7. The number of phenols is 1. The fourth-order valence-corrected chi connectivity index (χ4v) is 2.04. The van der Waals surface area contributed by atoms with Crippen LogP contribution in [-0.2, 0) is 10.1 Å². The molecule has 2 aromatic carbocycles. The van der Waals surface area contributed by atoms with Crippen molar-refractivity contribution in [2.75, 3.05) is 5.73 Å². The van der Waals surface area contributed by atoms with Crippen molar-refractivity contribution in [3.63, 3.8) is 0 Å². The second-order valence-corrected chi connectivity index (χ2v) is 4.81. The van der Waals surface area contributed by atoms with E-state index in [1.165, 1.54) is 30.3 Å². The summed E-state index contributed by atoms with van der Waals surface area (Å²) in [5, 5.41) is 10.4. The molecule has 0 aliphatic rings. The van der Waals surface area contributed by atoms with Crippen molar-refractivity contribution in [3.05, 3.63) is 30.3 Å². The van der Waals surface area contributed by atoms with Crippen LogP contribution < -0.4 is 5.73 Å². The van der Waals surface area contributed by atoms with E-state index in [0.29, 0.717) is 16.5 Å². The molecule has 0 aliphatic carbocycles. The molecule has 0 atom stereocenters. The summed E-state index contributed by atoms with van der Waals surface area (Å²) >= 11 is 0. The van der Waals surface area contributed by atoms with Crippen LogP contribution in [0.25, 0.3) is 10.8 Å². The van der Waals surface area contributed by atoms with Crippen LogP contribution in [0.15, 0.2) is 35.2 Å². The summed E-state index contributed by atoms with van der Waals surface area (Å²) in [6.45, 7) is 0. The number of anilines is 1. The average molecular weight is 239 g/mol. The molecule has 0 fully saturated rings. The lowest BCUT2D eigenvalue weighted by atomic mass is 10.1. The van der Waals surface area contributed by atoms with Crippen LogP contribution in [0.2, 0.25) is 0 Å². The molecular weight excluding hydrogens is 230 g/mol. The summed E-state index contributed by atoms with van der Waals surface area (Å²) in [6, 6.07) is 6.73. The Morgan fingerprint density at radius 2 is 1.81 bits per heavy atom. The first-order chi connectivity index (χ1) is 7.38. The van der Waals surface area contributed by atoms with E-state index in [1.54, 1.807) is 0 Å². The Bertz CT molecular complexity index is 664. The average Bonchev–Trinajstić information content (AvgIpc) is 2.15. The molecule has 0 spiro atoms. The smallest absolute Gasteiger partial charge is 0.294 e. The molecule has 0 amide bonds. The maximum atomic E-state index is 10.9. The van der Waals surface area contributed by atoms with Gasteiger partial charge in [0, 0.05) is 17.1 Å². The molecule has 2 aromatic rings. The fraction of sp³-hybridized carbons (Fsp3) is 0. The second kappa shape index (κ2) is 3.36. The largest absolute Gasteiger partial charge is 0.508 e. The lowest BCUT2D eigenvalue weighted by molar-refractivity contribution is 0.476. The predicted octanol–water partition coefficient (Wildman–Crippen LogP) is 1.37. The minimum atomic E-state index is -4.24. The first-order valence-corrected chi connectivity index (χ1v) is 5.82. The van der Waals surface area contributed by atoms with Gasteiger partial charge in [-0.2, -0.15) is 8.42 Å². The van der Waals surface area contributed by atoms with E-state index in [9.17, 15) is 13.5 Å². The van der Waals surface area contributed by atoms with Gasteiger partial charge in [0.15, 0.2) is 0 Å². The Morgan fingerprint density at radius 1 is 1.12 bits per heavy atom. The van der Waals surface area contributed by atoms with Crippen LogP contribution in [0, 0.1) is 0 Å². The van der Waals surface area contributed by atoms with E-state index in [-0.39, 0.29) is 10.6 Å². The summed E-state index contributed by atoms with van der Waals surface area (Å²) in [4.78, 5) is -0.231. The van der Waals surface area contributed by atoms with Gasteiger partial charge in [0.1, 0.15) is 5.75 Å². The lowest BCUT2D eigenvalue weighted by Crippen LogP contribution is -1.98. The monoisotopic (exact) mass is 239 g/mol. The highest BCUT2D eigenvalue weighted by atomic mass is 32.2. The summed E-state index contributed by atoms with van der Waals surface area (Å²) in [7, 11) is -4.24. The number of hydrogen-bond acceptors (Lipinski definition) is 4. The number of benzene rings is 2. The van der Waals surface area contributed by atoms with Crippen molar-refractivity contribution in [2.45, 2.75) is 4.90 Å². The van der Waals surface area contributed by atoms with Crippen LogP contribution in [0.1, 0.15) is 0 Å². The lowest BCUT2D eigenvalue weighted by Gasteiger charge is -2.04. The van der Waals surface area contributed by atoms with Gasteiger partial charge in [-0.25, -0.2) is 0 Å². The van der Waals surface area contributed by atoms with Crippen LogP contribution in [0.3, 0.4) is 0 Å². The molecule has 0 aromatic heterocycles. The normalized spacial score (nSPS) is 11.8. The molecule has 4 N–H and O–H groups in total. The molecule has 0 unspecified atom stereocenters. The number of fused-ring (bicyclic) bond motifs is 1. The summed E-state index contributed by atoms with van der Waals surface area (Å²) in [5.74, 6) is -0.0579. The van der Waals surface area contributed by atoms with E-state index in [1.807, 2.05) is 0 Å². The third-order valence-electron chi connectivity index (χ3n) is 2.24. The topological polar surface area (TPSA) is 101 Å². The van der Waals surface area contributed by atoms with Gasteiger partial charge >= 0.3 is 0 Å². The number of nitrogen functional groups attached to an aromatic ring is 1. The first-order valence-electron chi connectivity index (χ1n) is 4.38. The zero-order valence-corrected chi connectivity index (χ0v) is 8.90. The molecule has 0 aliphatic heterocycles. The molecule has 0 radical (unpaired) electrons. The minimum Gasteiger partial charge on any atom is -0.508 e. The molecule has 5 nitrogen and oxygen atoms in total. The van der Waals surface area contributed by atoms with Gasteiger partial charge in [-0.05, 0) is 23.6 Å². The highest BCUT2D eigenvalue weighted by molar-refractivity contribution is 7.85. The minimum absolute atomic E-state index is 0.0579. The molecule has 0 saturated carbocycles. The Labute approximate surface area is 91.9 Å².